The van der Waals surface area contributed by atoms with E-state index >= 15 is 0 Å². The number of thiophene rings is 1. The molecule has 1 rings (SSSR count). The van der Waals surface area contributed by atoms with Crippen LogP contribution >= 0.6 is 11.3 Å². The minimum Gasteiger partial charge on any atom is -0.166 e. The Morgan fingerprint density at radius 1 is 1.42 bits per heavy atom. The lowest BCUT2D eigenvalue weighted by Gasteiger charge is -2.05. The summed E-state index contributed by atoms with van der Waals surface area (Å²) in [6.45, 7) is 3.40. The van der Waals surface area contributed by atoms with Crippen LogP contribution in [0.15, 0.2) is 23.4 Å². The lowest BCUT2D eigenvalue weighted by atomic mass is 10.1. The Balaban J connectivity index is 2.99. The van der Waals surface area contributed by atoms with E-state index in [2.05, 4.69) is 6.58 Å². The van der Waals surface area contributed by atoms with Crippen LogP contribution in [0.3, 0.4) is 0 Å². The van der Waals surface area contributed by atoms with Gasteiger partial charge in [0.15, 0.2) is 0 Å². The molecule has 1 aromatic heterocycles. The van der Waals surface area contributed by atoms with E-state index in [0.29, 0.717) is 5.56 Å². The molecule has 0 atom stereocenters. The fourth-order valence-electron chi connectivity index (χ4n) is 0.886. The smallest absolute Gasteiger partial charge is 0.166 e. The third-order valence-electron chi connectivity index (χ3n) is 1.41. The largest absolute Gasteiger partial charge is 0.417 e. The summed E-state index contributed by atoms with van der Waals surface area (Å²) in [7, 11) is 0. The normalized spacial score (nSPS) is 11.6. The molecule has 0 N–H and O–H groups in total. The van der Waals surface area contributed by atoms with E-state index in [4.69, 9.17) is 0 Å². The number of rotatable bonds is 2. The lowest BCUT2D eigenvalue weighted by Crippen LogP contribution is -2.05. The molecule has 0 spiro atoms. The van der Waals surface area contributed by atoms with Gasteiger partial charge in [0.2, 0.25) is 0 Å². The molecular formula is C8H7F3S. The second kappa shape index (κ2) is 3.31. The van der Waals surface area contributed by atoms with Crippen LogP contribution in [0.2, 0.25) is 0 Å². The van der Waals surface area contributed by atoms with E-state index in [9.17, 15) is 13.2 Å². The van der Waals surface area contributed by atoms with Gasteiger partial charge < -0.3 is 0 Å². The van der Waals surface area contributed by atoms with Crippen molar-refractivity contribution in [2.24, 2.45) is 0 Å². The van der Waals surface area contributed by atoms with Gasteiger partial charge in [0, 0.05) is 5.38 Å². The Hall–Kier alpha value is -0.770. The van der Waals surface area contributed by atoms with E-state index < -0.39 is 11.7 Å². The fraction of sp³-hybridized carbons (Fsp3) is 0.250. The highest BCUT2D eigenvalue weighted by Gasteiger charge is 2.33. The maximum atomic E-state index is 12.2. The molecule has 0 amide bonds. The van der Waals surface area contributed by atoms with Crippen LogP contribution in [0.4, 0.5) is 13.2 Å². The Labute approximate surface area is 72.3 Å². The Morgan fingerprint density at radius 3 is 2.58 bits per heavy atom. The highest BCUT2D eigenvalue weighted by atomic mass is 32.1. The van der Waals surface area contributed by atoms with Crippen molar-refractivity contribution in [2.75, 3.05) is 0 Å². The topological polar surface area (TPSA) is 0 Å². The standard InChI is InChI=1S/C8H7F3S/c1-2-3-6-4-12-5-7(6)8(9,10)11/h2,4-5H,1,3H2. The van der Waals surface area contributed by atoms with Crippen LogP contribution in [0.25, 0.3) is 0 Å². The molecule has 0 aromatic carbocycles. The summed E-state index contributed by atoms with van der Waals surface area (Å²) in [6, 6.07) is 0. The average molecular weight is 192 g/mol. The quantitative estimate of drug-likeness (QED) is 0.629. The Kier molecular flexibility index (Phi) is 2.57. The van der Waals surface area contributed by atoms with Crippen molar-refractivity contribution in [1.82, 2.24) is 0 Å². The van der Waals surface area contributed by atoms with Gasteiger partial charge in [-0.05, 0) is 17.4 Å². The second-order valence-electron chi connectivity index (χ2n) is 2.30. The van der Waals surface area contributed by atoms with Gasteiger partial charge in [-0.1, -0.05) is 6.08 Å². The van der Waals surface area contributed by atoms with E-state index in [1.165, 1.54) is 11.5 Å². The van der Waals surface area contributed by atoms with Gasteiger partial charge in [0.1, 0.15) is 0 Å². The second-order valence-corrected chi connectivity index (χ2v) is 3.04. The molecular weight excluding hydrogens is 185 g/mol. The molecule has 1 aromatic rings. The summed E-state index contributed by atoms with van der Waals surface area (Å²) in [5.41, 5.74) is -0.227. The number of hydrogen-bond acceptors (Lipinski definition) is 1. The van der Waals surface area contributed by atoms with Gasteiger partial charge in [-0.15, -0.1) is 6.58 Å². The van der Waals surface area contributed by atoms with Gasteiger partial charge in [-0.25, -0.2) is 0 Å². The summed E-state index contributed by atoms with van der Waals surface area (Å²) in [5, 5.41) is 2.63. The maximum absolute atomic E-state index is 12.2. The van der Waals surface area contributed by atoms with Crippen molar-refractivity contribution in [2.45, 2.75) is 12.6 Å². The first-order valence-corrected chi connectivity index (χ1v) is 4.23. The molecule has 0 fully saturated rings. The van der Waals surface area contributed by atoms with Crippen LogP contribution in [0.5, 0.6) is 0 Å². The van der Waals surface area contributed by atoms with Gasteiger partial charge in [-0.3, -0.25) is 0 Å². The van der Waals surface area contributed by atoms with Gasteiger partial charge in [0.25, 0.3) is 0 Å². The number of halogens is 3. The minimum atomic E-state index is -4.22. The predicted octanol–water partition coefficient (Wildman–Crippen LogP) is 3.50. The molecule has 0 saturated carbocycles. The Bertz CT molecular complexity index is 272. The highest BCUT2D eigenvalue weighted by molar-refractivity contribution is 7.08. The SMILES string of the molecule is C=CCc1cscc1C(F)(F)F. The number of allylic oxidation sites excluding steroid dienone is 1. The van der Waals surface area contributed by atoms with E-state index in [-0.39, 0.29) is 6.42 Å². The van der Waals surface area contributed by atoms with Gasteiger partial charge >= 0.3 is 6.18 Å². The summed E-state index contributed by atoms with van der Waals surface area (Å²) in [4.78, 5) is 0. The third kappa shape index (κ3) is 1.88. The monoisotopic (exact) mass is 192 g/mol. The lowest BCUT2D eigenvalue weighted by molar-refractivity contribution is -0.137. The molecule has 0 unspecified atom stereocenters. The molecule has 4 heteroatoms. The maximum Gasteiger partial charge on any atom is 0.417 e. The molecule has 0 bridgehead atoms. The highest BCUT2D eigenvalue weighted by Crippen LogP contribution is 2.34. The zero-order chi connectivity index (χ0) is 9.19. The molecule has 0 aliphatic carbocycles. The van der Waals surface area contributed by atoms with Gasteiger partial charge in [0.05, 0.1) is 5.56 Å². The number of hydrogen-bond donors (Lipinski definition) is 0. The predicted molar refractivity (Wildman–Crippen MR) is 43.2 cm³/mol. The zero-order valence-corrected chi connectivity index (χ0v) is 7.00. The molecule has 0 nitrogen and oxygen atoms in total. The first-order chi connectivity index (χ1) is 5.55. The molecule has 0 radical (unpaired) electrons. The average Bonchev–Trinajstić information content (AvgIpc) is 2.34. The van der Waals surface area contributed by atoms with E-state index in [0.717, 1.165) is 16.7 Å². The summed E-state index contributed by atoms with van der Waals surface area (Å²) < 4.78 is 36.5. The fourth-order valence-corrected chi connectivity index (χ4v) is 1.76. The molecule has 0 aliphatic rings. The Morgan fingerprint density at radius 2 is 2.08 bits per heavy atom. The van der Waals surface area contributed by atoms with Gasteiger partial charge in [-0.2, -0.15) is 24.5 Å². The van der Waals surface area contributed by atoms with Crippen LogP contribution in [0, 0.1) is 0 Å². The molecule has 66 valence electrons. The number of alkyl halides is 3. The van der Waals surface area contributed by atoms with Crippen molar-refractivity contribution in [3.05, 3.63) is 34.5 Å². The first kappa shape index (κ1) is 9.32. The van der Waals surface area contributed by atoms with Crippen molar-refractivity contribution in [3.63, 3.8) is 0 Å². The van der Waals surface area contributed by atoms with Crippen molar-refractivity contribution >= 4 is 11.3 Å². The summed E-state index contributed by atoms with van der Waals surface area (Å²) in [5.74, 6) is 0. The van der Waals surface area contributed by atoms with Crippen LogP contribution in [-0.4, -0.2) is 0 Å². The molecule has 0 saturated heterocycles. The van der Waals surface area contributed by atoms with Crippen LogP contribution < -0.4 is 0 Å². The zero-order valence-electron chi connectivity index (χ0n) is 6.19. The molecule has 12 heavy (non-hydrogen) atoms. The molecule has 0 aliphatic heterocycles. The van der Waals surface area contributed by atoms with E-state index in [1.807, 2.05) is 0 Å². The molecule has 1 heterocycles. The summed E-state index contributed by atoms with van der Waals surface area (Å²) >= 11 is 1.07. The van der Waals surface area contributed by atoms with Crippen LogP contribution in [0.1, 0.15) is 11.1 Å². The van der Waals surface area contributed by atoms with Crippen molar-refractivity contribution in [3.8, 4) is 0 Å². The van der Waals surface area contributed by atoms with Crippen molar-refractivity contribution < 1.29 is 13.2 Å². The van der Waals surface area contributed by atoms with Crippen LogP contribution in [-0.2, 0) is 12.6 Å². The first-order valence-electron chi connectivity index (χ1n) is 3.29. The van der Waals surface area contributed by atoms with Crippen molar-refractivity contribution in [1.29, 1.82) is 0 Å². The minimum absolute atomic E-state index is 0.276. The third-order valence-corrected chi connectivity index (χ3v) is 2.20. The summed E-state index contributed by atoms with van der Waals surface area (Å²) in [6.07, 6.45) is -2.48. The van der Waals surface area contributed by atoms with E-state index in [1.54, 1.807) is 0 Å².